The summed E-state index contributed by atoms with van der Waals surface area (Å²) < 4.78 is 0. The fourth-order valence-corrected chi connectivity index (χ4v) is 6.92. The summed E-state index contributed by atoms with van der Waals surface area (Å²) in [5, 5.41) is 0. The molecule has 0 aromatic heterocycles. The van der Waals surface area contributed by atoms with Crippen molar-refractivity contribution >= 4 is 11.7 Å². The van der Waals surface area contributed by atoms with Crippen LogP contribution in [0.2, 0.25) is 0 Å². The van der Waals surface area contributed by atoms with Crippen LogP contribution in [0.4, 0.5) is 0 Å². The molecule has 202 valence electrons. The van der Waals surface area contributed by atoms with Gasteiger partial charge >= 0.3 is 0 Å². The zero-order chi connectivity index (χ0) is 27.1. The van der Waals surface area contributed by atoms with E-state index in [9.17, 15) is 4.79 Å². The molecule has 0 N–H and O–H groups in total. The molecule has 5 rings (SSSR count). The third kappa shape index (κ3) is 5.32. The quantitative estimate of drug-likeness (QED) is 0.331. The van der Waals surface area contributed by atoms with Crippen molar-refractivity contribution in [3.05, 3.63) is 83.1 Å². The molecule has 2 heterocycles. The number of rotatable bonds is 3. The van der Waals surface area contributed by atoms with Gasteiger partial charge in [-0.25, -0.2) is 4.99 Å². The van der Waals surface area contributed by atoms with Gasteiger partial charge in [-0.2, -0.15) is 0 Å². The summed E-state index contributed by atoms with van der Waals surface area (Å²) in [5.41, 5.74) is 6.54. The van der Waals surface area contributed by atoms with Gasteiger partial charge in [-0.05, 0) is 72.1 Å². The summed E-state index contributed by atoms with van der Waals surface area (Å²) in [6, 6.07) is 17.6. The van der Waals surface area contributed by atoms with E-state index in [-0.39, 0.29) is 16.7 Å². The molecule has 2 aliphatic heterocycles. The maximum atomic E-state index is 13.4. The van der Waals surface area contributed by atoms with Gasteiger partial charge in [-0.3, -0.25) is 4.79 Å². The van der Waals surface area contributed by atoms with Crippen LogP contribution in [-0.4, -0.2) is 41.2 Å². The van der Waals surface area contributed by atoms with Gasteiger partial charge < -0.3 is 9.80 Å². The van der Waals surface area contributed by atoms with Gasteiger partial charge in [-0.15, -0.1) is 0 Å². The molecule has 2 aromatic carbocycles. The van der Waals surface area contributed by atoms with E-state index < -0.39 is 0 Å². The van der Waals surface area contributed by atoms with Gasteiger partial charge in [-0.1, -0.05) is 82.8 Å². The second-order valence-corrected chi connectivity index (χ2v) is 13.5. The molecular weight excluding hydrogens is 466 g/mol. The zero-order valence-corrected chi connectivity index (χ0v) is 24.1. The van der Waals surface area contributed by atoms with Crippen molar-refractivity contribution in [2.24, 2.45) is 15.8 Å². The van der Waals surface area contributed by atoms with Crippen molar-refractivity contribution in [1.29, 1.82) is 0 Å². The first-order valence-corrected chi connectivity index (χ1v) is 14.4. The predicted molar refractivity (Wildman–Crippen MR) is 157 cm³/mol. The van der Waals surface area contributed by atoms with Crippen molar-refractivity contribution in [2.75, 3.05) is 19.6 Å². The average molecular weight is 512 g/mol. The molecule has 1 unspecified atom stereocenters. The summed E-state index contributed by atoms with van der Waals surface area (Å²) in [6.07, 6.45) is 6.24. The Bertz CT molecular complexity index is 1240. The lowest BCUT2D eigenvalue weighted by molar-refractivity contribution is -0.134. The minimum absolute atomic E-state index is 0.0451. The van der Waals surface area contributed by atoms with E-state index in [0.29, 0.717) is 24.9 Å². The fourth-order valence-electron chi connectivity index (χ4n) is 6.92. The zero-order valence-electron chi connectivity index (χ0n) is 24.1. The lowest BCUT2D eigenvalue weighted by atomic mass is 9.74. The van der Waals surface area contributed by atoms with Crippen LogP contribution in [0.1, 0.15) is 82.6 Å². The Labute approximate surface area is 229 Å². The van der Waals surface area contributed by atoms with Crippen LogP contribution in [0, 0.1) is 10.8 Å². The van der Waals surface area contributed by atoms with Crippen LogP contribution < -0.4 is 0 Å². The topological polar surface area (TPSA) is 35.9 Å². The molecule has 0 radical (unpaired) electrons. The molecule has 4 heteroatoms. The first-order chi connectivity index (χ1) is 18.0. The van der Waals surface area contributed by atoms with Crippen molar-refractivity contribution in [3.63, 3.8) is 0 Å². The van der Waals surface area contributed by atoms with E-state index in [4.69, 9.17) is 4.99 Å². The molecule has 1 atom stereocenters. The van der Waals surface area contributed by atoms with Gasteiger partial charge in [0, 0.05) is 43.7 Å². The predicted octanol–water partition coefficient (Wildman–Crippen LogP) is 6.93. The Hall–Kier alpha value is -2.88. The highest BCUT2D eigenvalue weighted by Gasteiger charge is 2.41. The molecule has 0 saturated carbocycles. The number of benzene rings is 2. The largest absolute Gasteiger partial charge is 0.360 e. The maximum absolute atomic E-state index is 13.4. The third-order valence-electron chi connectivity index (χ3n) is 9.27. The molecule has 2 aromatic rings. The van der Waals surface area contributed by atoms with Gasteiger partial charge in [0.1, 0.15) is 5.84 Å². The highest BCUT2D eigenvalue weighted by Crippen LogP contribution is 2.46. The first-order valence-electron chi connectivity index (χ1n) is 14.4. The maximum Gasteiger partial charge on any atom is 0.223 e. The fraction of sp³-hybridized carbons (Fsp3) is 0.529. The Morgan fingerprint density at radius 2 is 1.58 bits per heavy atom. The van der Waals surface area contributed by atoms with Gasteiger partial charge in [0.2, 0.25) is 5.91 Å². The number of nitrogens with zero attached hydrogens (tertiary/aromatic N) is 3. The van der Waals surface area contributed by atoms with Crippen molar-refractivity contribution < 1.29 is 4.79 Å². The van der Waals surface area contributed by atoms with Crippen LogP contribution in [-0.2, 0) is 29.6 Å². The number of hydrogen-bond donors (Lipinski definition) is 0. The molecule has 1 aliphatic carbocycles. The summed E-state index contributed by atoms with van der Waals surface area (Å²) in [6.45, 7) is 18.7. The smallest absolute Gasteiger partial charge is 0.223 e. The Morgan fingerprint density at radius 1 is 0.947 bits per heavy atom. The highest BCUT2D eigenvalue weighted by molar-refractivity contribution is 5.81. The lowest BCUT2D eigenvalue weighted by Crippen LogP contribution is -2.44. The lowest BCUT2D eigenvalue weighted by Gasteiger charge is -2.41. The second kappa shape index (κ2) is 10.0. The first kappa shape index (κ1) is 26.7. The van der Waals surface area contributed by atoms with Crippen LogP contribution >= 0.6 is 0 Å². The van der Waals surface area contributed by atoms with Crippen molar-refractivity contribution in [2.45, 2.75) is 85.1 Å². The van der Waals surface area contributed by atoms with Crippen molar-refractivity contribution in [3.8, 4) is 0 Å². The van der Waals surface area contributed by atoms with Crippen LogP contribution in [0.25, 0.3) is 0 Å². The summed E-state index contributed by atoms with van der Waals surface area (Å²) in [7, 11) is 0. The molecule has 4 nitrogen and oxygen atoms in total. The number of fused-ring (bicyclic) bond motifs is 3. The van der Waals surface area contributed by atoms with E-state index in [1.54, 1.807) is 11.1 Å². The van der Waals surface area contributed by atoms with Gasteiger partial charge in [0.15, 0.2) is 0 Å². The summed E-state index contributed by atoms with van der Waals surface area (Å²) >= 11 is 0. The molecule has 1 saturated heterocycles. The minimum Gasteiger partial charge on any atom is -0.360 e. The summed E-state index contributed by atoms with van der Waals surface area (Å²) in [5.74, 6) is 1.27. The van der Waals surface area contributed by atoms with E-state index in [1.165, 1.54) is 36.8 Å². The molecule has 0 bridgehead atoms. The summed E-state index contributed by atoms with van der Waals surface area (Å²) in [4.78, 5) is 23.1. The Morgan fingerprint density at radius 3 is 2.26 bits per heavy atom. The number of carbonyl (C=O) groups is 1. The average Bonchev–Trinajstić information content (AvgIpc) is 3.12. The van der Waals surface area contributed by atoms with E-state index in [1.807, 2.05) is 0 Å². The van der Waals surface area contributed by atoms with E-state index in [2.05, 4.69) is 99.5 Å². The molecule has 3 aliphatic rings. The Kier molecular flexibility index (Phi) is 7.04. The van der Waals surface area contributed by atoms with Crippen LogP contribution in [0.15, 0.2) is 65.8 Å². The highest BCUT2D eigenvalue weighted by atomic mass is 16.2. The molecular formula is C34H45N3O. The molecule has 1 fully saturated rings. The number of carbonyl (C=O) groups excluding carboxylic acids is 1. The third-order valence-corrected chi connectivity index (χ3v) is 9.27. The molecule has 1 spiro atoms. The van der Waals surface area contributed by atoms with Crippen LogP contribution in [0.5, 0.6) is 0 Å². The monoisotopic (exact) mass is 511 g/mol. The standard InChI is InChI=1S/C34H45N3O/c1-25(35-26(2)36-19-17-34(18-20-36)16-15-27-11-9-10-14-30(27)34)33(6)21-28-12-7-8-13-29(28)23-37(24-33)31(38)22-32(3,4)5/h7-14H,1,15-24H2,2-6H3. The SMILES string of the molecule is C=C(N=C(C)N1CCC2(CCc3ccccc32)CC1)C1(C)Cc2ccccc2CN(C(=O)CC(C)(C)C)C1. The van der Waals surface area contributed by atoms with Crippen LogP contribution in [0.3, 0.4) is 0 Å². The minimum atomic E-state index is -0.317. The second-order valence-electron chi connectivity index (χ2n) is 13.5. The van der Waals surface area contributed by atoms with Gasteiger partial charge in [0.25, 0.3) is 0 Å². The van der Waals surface area contributed by atoms with Gasteiger partial charge in [0.05, 0.1) is 0 Å². The number of likely N-dealkylation sites (tertiary alicyclic amines) is 1. The number of aliphatic imine (C=N–C) groups is 1. The van der Waals surface area contributed by atoms with Crippen molar-refractivity contribution in [1.82, 2.24) is 9.80 Å². The number of piperidine rings is 1. The van der Waals surface area contributed by atoms with E-state index >= 15 is 0 Å². The number of aryl methyl sites for hydroxylation is 1. The Balaban J connectivity index is 1.33. The number of amides is 1. The van der Waals surface area contributed by atoms with E-state index in [0.717, 1.165) is 31.0 Å². The number of hydrogen-bond acceptors (Lipinski definition) is 2. The molecule has 1 amide bonds. The normalized spacial score (nSPS) is 23.1. The number of amidine groups is 1. The molecule has 38 heavy (non-hydrogen) atoms.